The molecule has 8 nitrogen and oxygen atoms in total. The lowest BCUT2D eigenvalue weighted by atomic mass is 10.0. The van der Waals surface area contributed by atoms with E-state index in [1.165, 1.54) is 17.4 Å². The van der Waals surface area contributed by atoms with Gasteiger partial charge in [0, 0.05) is 11.8 Å². The summed E-state index contributed by atoms with van der Waals surface area (Å²) < 4.78 is 41.7. The molecule has 0 radical (unpaired) electrons. The van der Waals surface area contributed by atoms with E-state index in [9.17, 15) is 32.9 Å². The number of hydrogen-bond donors (Lipinski definition) is 2. The van der Waals surface area contributed by atoms with E-state index < -0.39 is 41.3 Å². The number of para-hydroxylation sites is 1. The van der Waals surface area contributed by atoms with Crippen LogP contribution in [0.3, 0.4) is 0 Å². The first-order valence-corrected chi connectivity index (χ1v) is 6.84. The van der Waals surface area contributed by atoms with Crippen LogP contribution in [0.5, 0.6) is 0 Å². The quantitative estimate of drug-likeness (QED) is 0.480. The normalized spacial score (nSPS) is 12.6. The Hall–Kier alpha value is -3.11. The molecule has 0 unspecified atom stereocenters. The molecule has 1 atom stereocenters. The third-order valence-electron chi connectivity index (χ3n) is 3.43. The minimum absolute atomic E-state index is 0.0153. The molecule has 0 bridgehead atoms. The number of benzene rings is 1. The number of nitrogens with zero attached hydrogens (tertiary/aromatic N) is 1. The van der Waals surface area contributed by atoms with E-state index in [4.69, 9.17) is 0 Å². The van der Waals surface area contributed by atoms with E-state index in [0.717, 1.165) is 7.11 Å². The summed E-state index contributed by atoms with van der Waals surface area (Å²) >= 11 is 0. The Morgan fingerprint density at radius 1 is 1.36 bits per heavy atom. The predicted molar refractivity (Wildman–Crippen MR) is 78.7 cm³/mol. The van der Waals surface area contributed by atoms with Crippen LogP contribution in [0.25, 0.3) is 10.9 Å². The Labute approximate surface area is 138 Å². The Morgan fingerprint density at radius 2 is 2.00 bits per heavy atom. The Kier molecular flexibility index (Phi) is 4.95. The number of aromatic nitrogens is 1. The monoisotopic (exact) mass is 359 g/mol. The number of carbonyl (C=O) groups excluding carboxylic acids is 2. The number of ether oxygens (including phenoxy) is 1. The number of nitrogens with one attached hydrogen (secondary N) is 2. The zero-order chi connectivity index (χ0) is 18.8. The molecule has 2 N–H and O–H groups in total. The average molecular weight is 359 g/mol. The van der Waals surface area contributed by atoms with Crippen molar-refractivity contribution in [3.8, 4) is 0 Å². The fraction of sp³-hybridized carbons (Fsp3) is 0.286. The maximum absolute atomic E-state index is 12.4. The fourth-order valence-corrected chi connectivity index (χ4v) is 2.33. The highest BCUT2D eigenvalue weighted by atomic mass is 19.4. The van der Waals surface area contributed by atoms with Crippen molar-refractivity contribution in [3.63, 3.8) is 0 Å². The minimum atomic E-state index is -5.21. The molecule has 2 aromatic rings. The van der Waals surface area contributed by atoms with Crippen LogP contribution < -0.4 is 5.32 Å². The van der Waals surface area contributed by atoms with Gasteiger partial charge in [0.1, 0.15) is 11.6 Å². The Bertz CT molecular complexity index is 831. The number of esters is 1. The smallest absolute Gasteiger partial charge is 0.467 e. The molecule has 0 fully saturated rings. The van der Waals surface area contributed by atoms with Crippen LogP contribution in [0.1, 0.15) is 5.56 Å². The molecule has 0 saturated heterocycles. The summed E-state index contributed by atoms with van der Waals surface area (Å²) in [6.07, 6.45) is -5.76. The van der Waals surface area contributed by atoms with Crippen molar-refractivity contribution < 1.29 is 32.4 Å². The summed E-state index contributed by atoms with van der Waals surface area (Å²) in [4.78, 5) is 35.8. The molecule has 0 aliphatic rings. The number of nitro groups is 1. The van der Waals surface area contributed by atoms with E-state index >= 15 is 0 Å². The Balaban J connectivity index is 2.43. The van der Waals surface area contributed by atoms with Crippen molar-refractivity contribution >= 4 is 28.6 Å². The van der Waals surface area contributed by atoms with Crippen LogP contribution in [0.4, 0.5) is 19.0 Å². The lowest BCUT2D eigenvalue weighted by Gasteiger charge is -2.17. The van der Waals surface area contributed by atoms with E-state index in [1.807, 2.05) is 0 Å². The number of amides is 1. The van der Waals surface area contributed by atoms with Crippen molar-refractivity contribution in [2.45, 2.75) is 18.6 Å². The molecule has 1 heterocycles. The second-order valence-electron chi connectivity index (χ2n) is 5.01. The summed E-state index contributed by atoms with van der Waals surface area (Å²) in [5.41, 5.74) is 0.355. The van der Waals surface area contributed by atoms with Gasteiger partial charge in [-0.15, -0.1) is 0 Å². The van der Waals surface area contributed by atoms with Crippen LogP contribution in [-0.2, 0) is 20.7 Å². The summed E-state index contributed by atoms with van der Waals surface area (Å²) in [5.74, 6) is -3.97. The highest BCUT2D eigenvalue weighted by Crippen LogP contribution is 2.29. The van der Waals surface area contributed by atoms with Crippen LogP contribution in [-0.4, -0.2) is 41.1 Å². The van der Waals surface area contributed by atoms with Gasteiger partial charge in [-0.2, -0.15) is 13.2 Å². The molecular formula is C14H12F3N3O5. The minimum Gasteiger partial charge on any atom is -0.467 e. The molecule has 25 heavy (non-hydrogen) atoms. The summed E-state index contributed by atoms with van der Waals surface area (Å²) in [5, 5.41) is 13.0. The highest BCUT2D eigenvalue weighted by Gasteiger charge is 2.41. The van der Waals surface area contributed by atoms with Crippen LogP contribution in [0, 0.1) is 10.1 Å². The van der Waals surface area contributed by atoms with Gasteiger partial charge in [-0.05, 0) is 11.0 Å². The predicted octanol–water partition coefficient (Wildman–Crippen LogP) is 1.84. The fourth-order valence-electron chi connectivity index (χ4n) is 2.33. The zero-order valence-corrected chi connectivity index (χ0v) is 12.7. The molecule has 11 heteroatoms. The maximum Gasteiger partial charge on any atom is 0.471 e. The first-order chi connectivity index (χ1) is 11.6. The van der Waals surface area contributed by atoms with Crippen molar-refractivity contribution in [3.05, 3.63) is 39.9 Å². The van der Waals surface area contributed by atoms with Gasteiger partial charge in [-0.3, -0.25) is 4.79 Å². The van der Waals surface area contributed by atoms with E-state index in [2.05, 4.69) is 9.72 Å². The SMILES string of the molecule is COC(=O)[C@H](Cc1c([N+](=O)[O-])[nH]c2ccccc12)NC(=O)C(F)(F)F. The average Bonchev–Trinajstić information content (AvgIpc) is 2.91. The Morgan fingerprint density at radius 3 is 2.56 bits per heavy atom. The molecule has 1 aromatic heterocycles. The topological polar surface area (TPSA) is 114 Å². The number of halogens is 3. The zero-order valence-electron chi connectivity index (χ0n) is 12.7. The lowest BCUT2D eigenvalue weighted by molar-refractivity contribution is -0.389. The van der Waals surface area contributed by atoms with Crippen LogP contribution in [0.2, 0.25) is 0 Å². The van der Waals surface area contributed by atoms with E-state index in [1.54, 1.807) is 12.1 Å². The molecule has 0 aliphatic carbocycles. The van der Waals surface area contributed by atoms with Gasteiger partial charge in [-0.1, -0.05) is 18.2 Å². The van der Waals surface area contributed by atoms with Crippen molar-refractivity contribution in [1.29, 1.82) is 0 Å². The molecule has 2 rings (SSSR count). The van der Waals surface area contributed by atoms with E-state index in [0.29, 0.717) is 10.9 Å². The second-order valence-corrected chi connectivity index (χ2v) is 5.01. The molecule has 134 valence electrons. The van der Waals surface area contributed by atoms with Crippen molar-refractivity contribution in [2.24, 2.45) is 0 Å². The second kappa shape index (κ2) is 6.79. The molecular weight excluding hydrogens is 347 g/mol. The molecule has 1 aromatic carbocycles. The van der Waals surface area contributed by atoms with Crippen molar-refractivity contribution in [2.75, 3.05) is 7.11 Å². The summed E-state index contributed by atoms with van der Waals surface area (Å²) in [6.45, 7) is 0. The summed E-state index contributed by atoms with van der Waals surface area (Å²) in [6, 6.07) is 4.49. The van der Waals surface area contributed by atoms with Gasteiger partial charge in [0.25, 0.3) is 0 Å². The maximum atomic E-state index is 12.4. The number of carbonyl (C=O) groups is 2. The highest BCUT2D eigenvalue weighted by molar-refractivity contribution is 5.90. The first kappa shape index (κ1) is 18.2. The van der Waals surface area contributed by atoms with Crippen LogP contribution in [0.15, 0.2) is 24.3 Å². The number of H-pyrrole nitrogens is 1. The number of aromatic amines is 1. The number of alkyl halides is 3. The number of rotatable bonds is 5. The van der Waals surface area contributed by atoms with Gasteiger partial charge in [0.2, 0.25) is 0 Å². The number of fused-ring (bicyclic) bond motifs is 1. The van der Waals surface area contributed by atoms with Crippen LogP contribution >= 0.6 is 0 Å². The van der Waals surface area contributed by atoms with Crippen molar-refractivity contribution in [1.82, 2.24) is 10.3 Å². The third kappa shape index (κ3) is 3.87. The largest absolute Gasteiger partial charge is 0.471 e. The van der Waals surface area contributed by atoms with Gasteiger partial charge in [0.15, 0.2) is 0 Å². The first-order valence-electron chi connectivity index (χ1n) is 6.84. The third-order valence-corrected chi connectivity index (χ3v) is 3.43. The summed E-state index contributed by atoms with van der Waals surface area (Å²) in [7, 11) is 0.929. The number of hydrogen-bond acceptors (Lipinski definition) is 5. The van der Waals surface area contributed by atoms with Gasteiger partial charge < -0.3 is 20.2 Å². The van der Waals surface area contributed by atoms with E-state index in [-0.39, 0.29) is 5.56 Å². The van der Waals surface area contributed by atoms with Gasteiger partial charge >= 0.3 is 23.9 Å². The standard InChI is InChI=1S/C14H12F3N3O5/c1-25-12(21)10(19-13(22)14(15,16)17)6-8-7-4-2-3-5-9(7)18-11(8)20(23)24/h2-5,10,18H,6H2,1H3,(H,19,22)/t10-/m0/s1. The molecule has 0 spiro atoms. The lowest BCUT2D eigenvalue weighted by Crippen LogP contribution is -2.48. The van der Waals surface area contributed by atoms with Gasteiger partial charge in [-0.25, -0.2) is 9.78 Å². The molecule has 1 amide bonds. The van der Waals surface area contributed by atoms with Gasteiger partial charge in [0.05, 0.1) is 12.7 Å². The number of methoxy groups -OCH3 is 1. The molecule has 0 aliphatic heterocycles. The molecule has 0 saturated carbocycles.